The molecule has 0 spiro atoms. The summed E-state index contributed by atoms with van der Waals surface area (Å²) in [6.45, 7) is 4.57. The lowest BCUT2D eigenvalue weighted by molar-refractivity contribution is 0.0660. The summed E-state index contributed by atoms with van der Waals surface area (Å²) in [6.07, 6.45) is 0. The van der Waals surface area contributed by atoms with Crippen LogP contribution in [-0.4, -0.2) is 66.6 Å². The van der Waals surface area contributed by atoms with Crippen LogP contribution in [0.15, 0.2) is 30.3 Å². The maximum absolute atomic E-state index is 12.7. The summed E-state index contributed by atoms with van der Waals surface area (Å²) in [6, 6.07) is 9.10. The fraction of sp³-hybridized carbons (Fsp3) is 0.389. The summed E-state index contributed by atoms with van der Waals surface area (Å²) in [5.41, 5.74) is 1.18. The molecular formula is C18H22N4O3. The molecule has 0 aliphatic carbocycles. The molecule has 1 fully saturated rings. The smallest absolute Gasteiger partial charge is 0.317 e. The van der Waals surface area contributed by atoms with E-state index in [2.05, 4.69) is 10.3 Å². The summed E-state index contributed by atoms with van der Waals surface area (Å²) in [4.78, 5) is 32.5. The van der Waals surface area contributed by atoms with Gasteiger partial charge in [0.05, 0.1) is 12.6 Å². The van der Waals surface area contributed by atoms with Gasteiger partial charge in [-0.25, -0.2) is 9.78 Å². The molecule has 1 N–H and O–H groups in total. The number of nitrogens with one attached hydrogen (secondary N) is 1. The molecule has 3 amide bonds. The molecular weight excluding hydrogens is 320 g/mol. The Balaban J connectivity index is 1.69. The van der Waals surface area contributed by atoms with Crippen molar-refractivity contribution in [2.75, 3.05) is 39.8 Å². The summed E-state index contributed by atoms with van der Waals surface area (Å²) in [5, 5.41) is 3.71. The molecule has 1 aromatic heterocycles. The highest BCUT2D eigenvalue weighted by atomic mass is 16.5. The van der Waals surface area contributed by atoms with Gasteiger partial charge in [0.15, 0.2) is 0 Å². The third-order valence-corrected chi connectivity index (χ3v) is 4.30. The van der Waals surface area contributed by atoms with E-state index in [1.807, 2.05) is 31.2 Å². The first-order valence-electron chi connectivity index (χ1n) is 8.39. The third kappa shape index (κ3) is 3.65. The van der Waals surface area contributed by atoms with Crippen molar-refractivity contribution >= 4 is 22.8 Å². The number of carbonyl (C=O) groups excluding carboxylic acids is 2. The molecule has 1 aromatic carbocycles. The molecule has 0 radical (unpaired) electrons. The number of urea groups is 1. The lowest BCUT2D eigenvalue weighted by atomic mass is 10.2. The standard InChI is InChI=1S/C18H22N4O3/c1-3-19-18(24)22-10-8-21(9-11-22)17(23)16-6-4-13-12-14(25-2)5-7-15(13)20-16/h4-7,12H,3,8-11H2,1-2H3,(H,19,24). The SMILES string of the molecule is CCNC(=O)N1CCN(C(=O)c2ccc3cc(OC)ccc3n2)CC1. The van der Waals surface area contributed by atoms with E-state index in [-0.39, 0.29) is 11.9 Å². The Labute approximate surface area is 146 Å². The third-order valence-electron chi connectivity index (χ3n) is 4.30. The molecule has 2 aromatic rings. The number of rotatable bonds is 3. The van der Waals surface area contributed by atoms with Crippen LogP contribution in [0.4, 0.5) is 4.79 Å². The fourth-order valence-electron chi connectivity index (χ4n) is 2.89. The van der Waals surface area contributed by atoms with Crippen LogP contribution in [0.25, 0.3) is 10.9 Å². The second-order valence-electron chi connectivity index (χ2n) is 5.87. The Kier molecular flexibility index (Phi) is 5.02. The minimum atomic E-state index is -0.103. The zero-order chi connectivity index (χ0) is 17.8. The molecule has 25 heavy (non-hydrogen) atoms. The van der Waals surface area contributed by atoms with Crippen LogP contribution < -0.4 is 10.1 Å². The van der Waals surface area contributed by atoms with Crippen LogP contribution in [0.3, 0.4) is 0 Å². The van der Waals surface area contributed by atoms with Crippen molar-refractivity contribution in [2.24, 2.45) is 0 Å². The molecule has 1 aliphatic rings. The van der Waals surface area contributed by atoms with Crippen molar-refractivity contribution < 1.29 is 14.3 Å². The highest BCUT2D eigenvalue weighted by molar-refractivity contribution is 5.95. The van der Waals surface area contributed by atoms with Crippen LogP contribution in [0, 0.1) is 0 Å². The van der Waals surface area contributed by atoms with Crippen molar-refractivity contribution in [3.63, 3.8) is 0 Å². The molecule has 3 rings (SSSR count). The number of piperazine rings is 1. The zero-order valence-corrected chi connectivity index (χ0v) is 14.5. The van der Waals surface area contributed by atoms with Gasteiger partial charge in [-0.2, -0.15) is 0 Å². The monoisotopic (exact) mass is 342 g/mol. The van der Waals surface area contributed by atoms with Crippen LogP contribution in [0.1, 0.15) is 17.4 Å². The van der Waals surface area contributed by atoms with Crippen LogP contribution in [0.5, 0.6) is 5.75 Å². The summed E-state index contributed by atoms with van der Waals surface area (Å²) in [5.74, 6) is 0.656. The average Bonchev–Trinajstić information content (AvgIpc) is 2.67. The first-order chi connectivity index (χ1) is 12.1. The van der Waals surface area contributed by atoms with Crippen LogP contribution in [-0.2, 0) is 0 Å². The number of pyridine rings is 1. The van der Waals surface area contributed by atoms with E-state index in [1.165, 1.54) is 0 Å². The summed E-state index contributed by atoms with van der Waals surface area (Å²) in [7, 11) is 1.62. The number of ether oxygens (including phenoxy) is 1. The summed E-state index contributed by atoms with van der Waals surface area (Å²) >= 11 is 0. The van der Waals surface area contributed by atoms with Gasteiger partial charge in [0.25, 0.3) is 5.91 Å². The number of carbonyl (C=O) groups is 2. The maximum atomic E-state index is 12.7. The predicted octanol–water partition coefficient (Wildman–Crippen LogP) is 1.73. The van der Waals surface area contributed by atoms with Crippen LogP contribution >= 0.6 is 0 Å². The number of hydrogen-bond donors (Lipinski definition) is 1. The number of aromatic nitrogens is 1. The van der Waals surface area contributed by atoms with Gasteiger partial charge in [0, 0.05) is 38.1 Å². The molecule has 7 heteroatoms. The Hall–Kier alpha value is -2.83. The minimum Gasteiger partial charge on any atom is -0.497 e. The van der Waals surface area contributed by atoms with Crippen molar-refractivity contribution in [1.82, 2.24) is 20.1 Å². The van der Waals surface area contributed by atoms with E-state index in [1.54, 1.807) is 23.0 Å². The van der Waals surface area contributed by atoms with Crippen molar-refractivity contribution in [3.05, 3.63) is 36.0 Å². The van der Waals surface area contributed by atoms with E-state index < -0.39 is 0 Å². The number of fused-ring (bicyclic) bond motifs is 1. The summed E-state index contributed by atoms with van der Waals surface area (Å²) < 4.78 is 5.20. The Morgan fingerprint density at radius 3 is 2.52 bits per heavy atom. The zero-order valence-electron chi connectivity index (χ0n) is 14.5. The highest BCUT2D eigenvalue weighted by Crippen LogP contribution is 2.20. The van der Waals surface area contributed by atoms with Crippen LogP contribution in [0.2, 0.25) is 0 Å². The molecule has 1 saturated heterocycles. The maximum Gasteiger partial charge on any atom is 0.317 e. The molecule has 1 aliphatic heterocycles. The van der Waals surface area contributed by atoms with Crippen molar-refractivity contribution in [2.45, 2.75) is 6.92 Å². The Morgan fingerprint density at radius 1 is 1.12 bits per heavy atom. The highest BCUT2D eigenvalue weighted by Gasteiger charge is 2.25. The second-order valence-corrected chi connectivity index (χ2v) is 5.87. The largest absolute Gasteiger partial charge is 0.497 e. The molecule has 0 unspecified atom stereocenters. The van der Waals surface area contributed by atoms with Gasteiger partial charge in [-0.1, -0.05) is 6.07 Å². The molecule has 0 bridgehead atoms. The van der Waals surface area contributed by atoms with Crippen molar-refractivity contribution in [3.8, 4) is 5.75 Å². The second kappa shape index (κ2) is 7.38. The van der Waals surface area contributed by atoms with Gasteiger partial charge >= 0.3 is 6.03 Å². The molecule has 0 atom stereocenters. The number of methoxy groups -OCH3 is 1. The molecule has 0 saturated carbocycles. The van der Waals surface area contributed by atoms with E-state index >= 15 is 0 Å². The van der Waals surface area contributed by atoms with E-state index in [4.69, 9.17) is 4.74 Å². The minimum absolute atomic E-state index is 0.0765. The van der Waals surface area contributed by atoms with Gasteiger partial charge in [0.1, 0.15) is 11.4 Å². The Bertz CT molecular complexity index is 785. The van der Waals surface area contributed by atoms with Crippen molar-refractivity contribution in [1.29, 1.82) is 0 Å². The van der Waals surface area contributed by atoms with Gasteiger partial charge in [-0.3, -0.25) is 4.79 Å². The first-order valence-corrected chi connectivity index (χ1v) is 8.39. The Morgan fingerprint density at radius 2 is 1.84 bits per heavy atom. The van der Waals surface area contributed by atoms with Gasteiger partial charge < -0.3 is 19.9 Å². The molecule has 132 valence electrons. The normalized spacial score (nSPS) is 14.5. The quantitative estimate of drug-likeness (QED) is 0.922. The molecule has 2 heterocycles. The molecule has 7 nitrogen and oxygen atoms in total. The number of hydrogen-bond acceptors (Lipinski definition) is 4. The number of benzene rings is 1. The lowest BCUT2D eigenvalue weighted by Crippen LogP contribution is -2.53. The topological polar surface area (TPSA) is 74.8 Å². The van der Waals surface area contributed by atoms with Gasteiger partial charge in [0.2, 0.25) is 0 Å². The average molecular weight is 342 g/mol. The first kappa shape index (κ1) is 17.0. The fourth-order valence-corrected chi connectivity index (χ4v) is 2.89. The van der Waals surface area contributed by atoms with E-state index in [0.29, 0.717) is 38.4 Å². The lowest BCUT2D eigenvalue weighted by Gasteiger charge is -2.34. The number of amides is 3. The van der Waals surface area contributed by atoms with Gasteiger partial charge in [-0.15, -0.1) is 0 Å². The van der Waals surface area contributed by atoms with Gasteiger partial charge in [-0.05, 0) is 31.2 Å². The number of nitrogens with zero attached hydrogens (tertiary/aromatic N) is 3. The predicted molar refractivity (Wildman–Crippen MR) is 94.8 cm³/mol. The van der Waals surface area contributed by atoms with E-state index in [9.17, 15) is 9.59 Å². The van der Waals surface area contributed by atoms with E-state index in [0.717, 1.165) is 16.7 Å².